The van der Waals surface area contributed by atoms with Crippen LogP contribution in [0.2, 0.25) is 5.02 Å². The molecular weight excluding hydrogens is 302 g/mol. The molecule has 1 aromatic heterocycles. The molecule has 0 atom stereocenters. The SMILES string of the molecule is O=C(CC(=O)NCc1ccccc1Cl)NCc1ccccn1. The number of benzene rings is 1. The molecule has 1 aromatic carbocycles. The van der Waals surface area contributed by atoms with Gasteiger partial charge in [0.15, 0.2) is 0 Å². The lowest BCUT2D eigenvalue weighted by molar-refractivity contribution is -0.129. The molecule has 0 saturated carbocycles. The van der Waals surface area contributed by atoms with Crippen LogP contribution in [0.3, 0.4) is 0 Å². The van der Waals surface area contributed by atoms with Gasteiger partial charge >= 0.3 is 0 Å². The Morgan fingerprint density at radius 3 is 2.32 bits per heavy atom. The van der Waals surface area contributed by atoms with Crippen LogP contribution in [0.15, 0.2) is 48.7 Å². The summed E-state index contributed by atoms with van der Waals surface area (Å²) in [6, 6.07) is 12.7. The van der Waals surface area contributed by atoms with Gasteiger partial charge in [-0.05, 0) is 23.8 Å². The Labute approximate surface area is 133 Å². The lowest BCUT2D eigenvalue weighted by atomic mass is 10.2. The zero-order chi connectivity index (χ0) is 15.8. The highest BCUT2D eigenvalue weighted by Crippen LogP contribution is 2.14. The van der Waals surface area contributed by atoms with E-state index in [1.807, 2.05) is 24.3 Å². The minimum absolute atomic E-state index is 0.225. The van der Waals surface area contributed by atoms with E-state index in [1.54, 1.807) is 24.4 Å². The van der Waals surface area contributed by atoms with Gasteiger partial charge in [0.2, 0.25) is 11.8 Å². The summed E-state index contributed by atoms with van der Waals surface area (Å²) in [5, 5.41) is 5.91. The third kappa shape index (κ3) is 5.18. The highest BCUT2D eigenvalue weighted by molar-refractivity contribution is 6.31. The Bertz CT molecular complexity index is 647. The first kappa shape index (κ1) is 16.0. The average Bonchev–Trinajstić information content (AvgIpc) is 2.53. The lowest BCUT2D eigenvalue weighted by Gasteiger charge is -2.07. The van der Waals surface area contributed by atoms with Gasteiger partial charge in [0.25, 0.3) is 0 Å². The molecular formula is C16H16ClN3O2. The Hall–Kier alpha value is -2.40. The number of nitrogens with one attached hydrogen (secondary N) is 2. The van der Waals surface area contributed by atoms with E-state index < -0.39 is 0 Å². The monoisotopic (exact) mass is 317 g/mol. The molecule has 5 nitrogen and oxygen atoms in total. The second-order valence-electron chi connectivity index (χ2n) is 4.64. The summed E-state index contributed by atoms with van der Waals surface area (Å²) < 4.78 is 0. The van der Waals surface area contributed by atoms with Crippen molar-refractivity contribution in [3.05, 3.63) is 64.9 Å². The van der Waals surface area contributed by atoms with Gasteiger partial charge in [-0.15, -0.1) is 0 Å². The molecule has 0 bridgehead atoms. The number of carbonyl (C=O) groups is 2. The third-order valence-electron chi connectivity index (χ3n) is 2.95. The maximum Gasteiger partial charge on any atom is 0.229 e. The van der Waals surface area contributed by atoms with E-state index in [9.17, 15) is 9.59 Å². The molecule has 0 aliphatic rings. The van der Waals surface area contributed by atoms with Gasteiger partial charge in [-0.1, -0.05) is 35.9 Å². The van der Waals surface area contributed by atoms with E-state index in [2.05, 4.69) is 15.6 Å². The van der Waals surface area contributed by atoms with Crippen molar-refractivity contribution in [3.63, 3.8) is 0 Å². The van der Waals surface area contributed by atoms with Crippen molar-refractivity contribution in [3.8, 4) is 0 Å². The van der Waals surface area contributed by atoms with Crippen LogP contribution < -0.4 is 10.6 Å². The Morgan fingerprint density at radius 1 is 0.955 bits per heavy atom. The number of carbonyl (C=O) groups excluding carboxylic acids is 2. The fourth-order valence-electron chi connectivity index (χ4n) is 1.80. The number of hydrogen-bond donors (Lipinski definition) is 2. The van der Waals surface area contributed by atoms with Crippen LogP contribution in [0, 0.1) is 0 Å². The van der Waals surface area contributed by atoms with Gasteiger partial charge in [-0.3, -0.25) is 14.6 Å². The van der Waals surface area contributed by atoms with Gasteiger partial charge in [0.1, 0.15) is 6.42 Å². The molecule has 2 amide bonds. The van der Waals surface area contributed by atoms with Crippen LogP contribution in [0.1, 0.15) is 17.7 Å². The first-order valence-corrected chi connectivity index (χ1v) is 7.19. The minimum atomic E-state index is -0.349. The quantitative estimate of drug-likeness (QED) is 0.801. The summed E-state index contributed by atoms with van der Waals surface area (Å²) in [6.45, 7) is 0.601. The molecule has 0 spiro atoms. The summed E-state index contributed by atoms with van der Waals surface area (Å²) in [5.74, 6) is -0.694. The van der Waals surface area contributed by atoms with Gasteiger partial charge in [-0.25, -0.2) is 0 Å². The van der Waals surface area contributed by atoms with Gasteiger partial charge in [-0.2, -0.15) is 0 Å². The van der Waals surface area contributed by atoms with Crippen molar-refractivity contribution < 1.29 is 9.59 Å². The number of rotatable bonds is 6. The van der Waals surface area contributed by atoms with Gasteiger partial charge < -0.3 is 10.6 Å². The zero-order valence-corrected chi connectivity index (χ0v) is 12.6. The van der Waals surface area contributed by atoms with Crippen LogP contribution in [0.25, 0.3) is 0 Å². The van der Waals surface area contributed by atoms with Crippen LogP contribution in [-0.2, 0) is 22.7 Å². The van der Waals surface area contributed by atoms with Crippen molar-refractivity contribution in [2.75, 3.05) is 0 Å². The number of hydrogen-bond acceptors (Lipinski definition) is 3. The minimum Gasteiger partial charge on any atom is -0.352 e. The van der Waals surface area contributed by atoms with E-state index in [0.717, 1.165) is 11.3 Å². The maximum atomic E-state index is 11.7. The molecule has 0 unspecified atom stereocenters. The van der Waals surface area contributed by atoms with E-state index in [-0.39, 0.29) is 18.2 Å². The molecule has 0 fully saturated rings. The molecule has 0 saturated heterocycles. The van der Waals surface area contributed by atoms with E-state index in [4.69, 9.17) is 11.6 Å². The highest BCUT2D eigenvalue weighted by atomic mass is 35.5. The van der Waals surface area contributed by atoms with Crippen LogP contribution in [0.5, 0.6) is 0 Å². The predicted molar refractivity (Wildman–Crippen MR) is 84.0 cm³/mol. The molecule has 0 radical (unpaired) electrons. The fraction of sp³-hybridized carbons (Fsp3) is 0.188. The highest BCUT2D eigenvalue weighted by Gasteiger charge is 2.09. The average molecular weight is 318 g/mol. The standard InChI is InChI=1S/C16H16ClN3O2/c17-14-7-2-1-5-12(14)10-19-15(21)9-16(22)20-11-13-6-3-4-8-18-13/h1-8H,9-11H2,(H,19,21)(H,20,22). The summed E-state index contributed by atoms with van der Waals surface area (Å²) in [7, 11) is 0. The van der Waals surface area contributed by atoms with E-state index in [0.29, 0.717) is 18.1 Å². The smallest absolute Gasteiger partial charge is 0.229 e. The Balaban J connectivity index is 1.72. The number of aromatic nitrogens is 1. The van der Waals surface area contributed by atoms with Crippen LogP contribution >= 0.6 is 11.6 Å². The summed E-state index contributed by atoms with van der Waals surface area (Å²) >= 11 is 5.99. The summed E-state index contributed by atoms with van der Waals surface area (Å²) in [4.78, 5) is 27.5. The molecule has 0 aliphatic carbocycles. The molecule has 1 heterocycles. The van der Waals surface area contributed by atoms with Crippen molar-refractivity contribution in [2.45, 2.75) is 19.5 Å². The van der Waals surface area contributed by atoms with Gasteiger partial charge in [0, 0.05) is 17.8 Å². The van der Waals surface area contributed by atoms with Crippen molar-refractivity contribution in [2.24, 2.45) is 0 Å². The topological polar surface area (TPSA) is 71.1 Å². The first-order valence-electron chi connectivity index (χ1n) is 6.82. The number of pyridine rings is 1. The lowest BCUT2D eigenvalue weighted by Crippen LogP contribution is -2.31. The molecule has 2 aromatic rings. The molecule has 6 heteroatoms. The zero-order valence-electron chi connectivity index (χ0n) is 11.9. The Kier molecular flexibility index (Phi) is 5.91. The summed E-state index contributed by atoms with van der Waals surface area (Å²) in [6.07, 6.45) is 1.43. The summed E-state index contributed by atoms with van der Waals surface area (Å²) in [5.41, 5.74) is 1.55. The van der Waals surface area contributed by atoms with Crippen molar-refractivity contribution >= 4 is 23.4 Å². The number of nitrogens with zero attached hydrogens (tertiary/aromatic N) is 1. The van der Waals surface area contributed by atoms with E-state index in [1.165, 1.54) is 0 Å². The number of halogens is 1. The number of amides is 2. The molecule has 2 N–H and O–H groups in total. The van der Waals surface area contributed by atoms with Gasteiger partial charge in [0.05, 0.1) is 12.2 Å². The van der Waals surface area contributed by atoms with E-state index >= 15 is 0 Å². The van der Waals surface area contributed by atoms with Crippen LogP contribution in [0.4, 0.5) is 0 Å². The largest absolute Gasteiger partial charge is 0.352 e. The predicted octanol–water partition coefficient (Wildman–Crippen LogP) is 2.06. The maximum absolute atomic E-state index is 11.7. The molecule has 0 aliphatic heterocycles. The third-order valence-corrected chi connectivity index (χ3v) is 3.32. The Morgan fingerprint density at radius 2 is 1.64 bits per heavy atom. The second-order valence-corrected chi connectivity index (χ2v) is 5.05. The molecule has 114 valence electrons. The van der Waals surface area contributed by atoms with Crippen molar-refractivity contribution in [1.82, 2.24) is 15.6 Å². The first-order chi connectivity index (χ1) is 10.6. The van der Waals surface area contributed by atoms with Crippen molar-refractivity contribution in [1.29, 1.82) is 0 Å². The fourth-order valence-corrected chi connectivity index (χ4v) is 2.00. The normalized spacial score (nSPS) is 10.0. The molecule has 22 heavy (non-hydrogen) atoms. The van der Waals surface area contributed by atoms with Crippen LogP contribution in [-0.4, -0.2) is 16.8 Å². The molecule has 2 rings (SSSR count). The second kappa shape index (κ2) is 8.14.